The molecule has 3 atom stereocenters. The third kappa shape index (κ3) is 6.59. The average molecular weight is 627 g/mol. The Balaban J connectivity index is 1.87. The predicted octanol–water partition coefficient (Wildman–Crippen LogP) is 5.87. The molecule has 1 heterocycles. The molecule has 1 fully saturated rings. The van der Waals surface area contributed by atoms with Gasteiger partial charge in [-0.15, -0.1) is 0 Å². The molecule has 2 aromatic carbocycles. The van der Waals surface area contributed by atoms with E-state index in [1.54, 1.807) is 48.7 Å². The van der Waals surface area contributed by atoms with Crippen molar-refractivity contribution in [1.82, 2.24) is 15.6 Å². The fourth-order valence-corrected chi connectivity index (χ4v) is 5.13. The van der Waals surface area contributed by atoms with Crippen molar-refractivity contribution in [2.75, 3.05) is 0 Å². The van der Waals surface area contributed by atoms with Gasteiger partial charge >= 0.3 is 12.2 Å². The molecule has 5 nitrogen and oxygen atoms in total. The van der Waals surface area contributed by atoms with E-state index in [1.807, 2.05) is 0 Å². The topological polar surface area (TPSA) is 74.2 Å². The number of carbonyl (C=O) groups is 1. The number of aliphatic hydroxyl groups excluding tert-OH is 1. The van der Waals surface area contributed by atoms with Crippen LogP contribution >= 0.6 is 22.6 Å². The monoisotopic (exact) mass is 627 g/mol. The molecule has 1 aliphatic rings. The highest BCUT2D eigenvalue weighted by Gasteiger charge is 2.41. The van der Waals surface area contributed by atoms with E-state index in [9.17, 15) is 27.5 Å². The number of hydrogen-bond acceptors (Lipinski definition) is 3. The Hall–Kier alpha value is -2.73. The number of carbonyl (C=O) groups excluding carboxylic acids is 1. The number of aliphatic hydroxyl groups is 1. The summed E-state index contributed by atoms with van der Waals surface area (Å²) in [4.78, 5) is 17.8. The highest BCUT2D eigenvalue weighted by atomic mass is 127. The third-order valence-electron chi connectivity index (χ3n) is 6.51. The van der Waals surface area contributed by atoms with Gasteiger partial charge in [-0.2, -0.15) is 13.2 Å². The fourth-order valence-electron chi connectivity index (χ4n) is 4.68. The van der Waals surface area contributed by atoms with Gasteiger partial charge in [-0.05, 0) is 60.2 Å². The first-order chi connectivity index (χ1) is 17.6. The smallest absolute Gasteiger partial charge is 0.393 e. The summed E-state index contributed by atoms with van der Waals surface area (Å²) >= 11 is 2.17. The van der Waals surface area contributed by atoms with Crippen LogP contribution in [-0.4, -0.2) is 28.3 Å². The molecule has 1 saturated carbocycles. The molecule has 0 spiro atoms. The zero-order valence-electron chi connectivity index (χ0n) is 19.7. The van der Waals surface area contributed by atoms with Crippen LogP contribution in [0.25, 0.3) is 0 Å². The van der Waals surface area contributed by atoms with E-state index >= 15 is 0 Å². The predicted molar refractivity (Wildman–Crippen MR) is 140 cm³/mol. The number of amides is 2. The van der Waals surface area contributed by atoms with Crippen LogP contribution in [0.4, 0.5) is 22.4 Å². The number of rotatable bonds is 7. The Labute approximate surface area is 225 Å². The molecule has 0 radical (unpaired) electrons. The molecular weight excluding hydrogens is 601 g/mol. The molecule has 3 aromatic rings. The van der Waals surface area contributed by atoms with E-state index in [4.69, 9.17) is 0 Å². The molecule has 2 amide bonds. The molecule has 0 saturated heterocycles. The first kappa shape index (κ1) is 27.3. The van der Waals surface area contributed by atoms with Gasteiger partial charge in [0.25, 0.3) is 0 Å². The molecule has 196 valence electrons. The molecule has 0 aliphatic heterocycles. The Bertz CT molecular complexity index is 1220. The van der Waals surface area contributed by atoms with E-state index in [-0.39, 0.29) is 23.7 Å². The van der Waals surface area contributed by atoms with Gasteiger partial charge in [0, 0.05) is 23.1 Å². The number of urea groups is 1. The zero-order chi connectivity index (χ0) is 26.6. The molecule has 1 aromatic heterocycles. The first-order valence-corrected chi connectivity index (χ1v) is 13.3. The summed E-state index contributed by atoms with van der Waals surface area (Å²) in [6.07, 6.45) is -2.22. The van der Waals surface area contributed by atoms with Crippen LogP contribution in [0.2, 0.25) is 0 Å². The Kier molecular flexibility index (Phi) is 8.37. The maximum absolute atomic E-state index is 14.7. The minimum Gasteiger partial charge on any atom is -0.393 e. The summed E-state index contributed by atoms with van der Waals surface area (Å²) in [5.41, 5.74) is -1.02. The molecule has 3 N–H and O–H groups in total. The lowest BCUT2D eigenvalue weighted by Gasteiger charge is -2.36. The van der Waals surface area contributed by atoms with Crippen molar-refractivity contribution in [2.24, 2.45) is 0 Å². The molecule has 2 unspecified atom stereocenters. The van der Waals surface area contributed by atoms with Crippen molar-refractivity contribution in [3.8, 4) is 0 Å². The van der Waals surface area contributed by atoms with Crippen molar-refractivity contribution in [3.05, 3.63) is 101 Å². The van der Waals surface area contributed by atoms with E-state index in [0.29, 0.717) is 35.3 Å². The van der Waals surface area contributed by atoms with E-state index in [0.717, 1.165) is 17.7 Å². The van der Waals surface area contributed by atoms with Crippen molar-refractivity contribution >= 4 is 28.6 Å². The largest absolute Gasteiger partial charge is 0.416 e. The zero-order valence-corrected chi connectivity index (χ0v) is 21.9. The Morgan fingerprint density at radius 2 is 1.76 bits per heavy atom. The highest BCUT2D eigenvalue weighted by molar-refractivity contribution is 14.1. The van der Waals surface area contributed by atoms with E-state index in [1.165, 1.54) is 0 Å². The number of nitrogens with one attached hydrogen (secondary N) is 2. The second-order valence-electron chi connectivity index (χ2n) is 9.24. The van der Waals surface area contributed by atoms with Gasteiger partial charge in [0.05, 0.1) is 17.4 Å². The van der Waals surface area contributed by atoms with Crippen molar-refractivity contribution in [3.63, 3.8) is 0 Å². The summed E-state index contributed by atoms with van der Waals surface area (Å²) in [6, 6.07) is 13.7. The normalized spacial score (nSPS) is 19.3. The van der Waals surface area contributed by atoms with Crippen LogP contribution in [0.15, 0.2) is 66.9 Å². The SMILES string of the molecule is O=C(NC1CCC(O)C1)N[C@@](Cc1ccccc1)(c1cc(F)cc(C(F)(F)F)c1)c1ccc(CI)cn1. The maximum Gasteiger partial charge on any atom is 0.416 e. The van der Waals surface area contributed by atoms with Crippen LogP contribution < -0.4 is 10.6 Å². The Morgan fingerprint density at radius 1 is 1.03 bits per heavy atom. The minimum atomic E-state index is -4.80. The summed E-state index contributed by atoms with van der Waals surface area (Å²) in [5.74, 6) is -1.08. The van der Waals surface area contributed by atoms with Gasteiger partial charge in [-0.3, -0.25) is 4.98 Å². The van der Waals surface area contributed by atoms with Gasteiger partial charge in [0.15, 0.2) is 0 Å². The summed E-state index contributed by atoms with van der Waals surface area (Å²) in [6.45, 7) is 0. The second-order valence-corrected chi connectivity index (χ2v) is 10.0. The number of nitrogens with zero attached hydrogens (tertiary/aromatic N) is 1. The van der Waals surface area contributed by atoms with Crippen LogP contribution in [0.5, 0.6) is 0 Å². The summed E-state index contributed by atoms with van der Waals surface area (Å²) < 4.78 is 56.5. The third-order valence-corrected chi connectivity index (χ3v) is 7.39. The molecule has 0 bridgehead atoms. The quantitative estimate of drug-likeness (QED) is 0.174. The summed E-state index contributed by atoms with van der Waals surface area (Å²) in [7, 11) is 0. The lowest BCUT2D eigenvalue weighted by molar-refractivity contribution is -0.137. The lowest BCUT2D eigenvalue weighted by atomic mass is 9.79. The number of aromatic nitrogens is 1. The van der Waals surface area contributed by atoms with Crippen molar-refractivity contribution < 1.29 is 27.5 Å². The number of alkyl halides is 4. The number of halogens is 5. The van der Waals surface area contributed by atoms with E-state index < -0.39 is 35.2 Å². The number of benzene rings is 2. The lowest BCUT2D eigenvalue weighted by Crippen LogP contribution is -2.54. The highest BCUT2D eigenvalue weighted by Crippen LogP contribution is 2.38. The number of pyridine rings is 1. The van der Waals surface area contributed by atoms with Crippen LogP contribution in [-0.2, 0) is 22.6 Å². The molecular formula is C27H26F4IN3O2. The average Bonchev–Trinajstić information content (AvgIpc) is 3.27. The molecule has 4 rings (SSSR count). The first-order valence-electron chi connectivity index (χ1n) is 11.8. The molecule has 1 aliphatic carbocycles. The van der Waals surface area contributed by atoms with Gasteiger partial charge in [-0.25, -0.2) is 9.18 Å². The van der Waals surface area contributed by atoms with Crippen LogP contribution in [0.3, 0.4) is 0 Å². The Morgan fingerprint density at radius 3 is 2.35 bits per heavy atom. The van der Waals surface area contributed by atoms with Gasteiger partial charge in [0.2, 0.25) is 0 Å². The minimum absolute atomic E-state index is 0.0197. The van der Waals surface area contributed by atoms with Gasteiger partial charge in [-0.1, -0.05) is 59.0 Å². The molecule has 10 heteroatoms. The van der Waals surface area contributed by atoms with Crippen LogP contribution in [0, 0.1) is 5.82 Å². The van der Waals surface area contributed by atoms with Crippen molar-refractivity contribution in [2.45, 2.75) is 54.0 Å². The maximum atomic E-state index is 14.7. The second kappa shape index (κ2) is 11.3. The standard InChI is InChI=1S/C27H26F4IN3O2/c28-21-11-19(10-20(12-21)27(29,30)31)26(14-17-4-2-1-3-5-17,24-9-6-18(15-32)16-33-24)35-25(37)34-22-7-8-23(36)13-22/h1-6,9-12,16,22-23,36H,7-8,13-15H2,(H2,34,35,37)/t22?,23?,26-/m0/s1. The van der Waals surface area contributed by atoms with Crippen LogP contribution in [0.1, 0.15) is 47.2 Å². The van der Waals surface area contributed by atoms with Crippen molar-refractivity contribution in [1.29, 1.82) is 0 Å². The van der Waals surface area contributed by atoms with Gasteiger partial charge < -0.3 is 15.7 Å². The summed E-state index contributed by atoms with van der Waals surface area (Å²) in [5, 5.41) is 15.5. The molecule has 37 heavy (non-hydrogen) atoms. The van der Waals surface area contributed by atoms with Gasteiger partial charge in [0.1, 0.15) is 11.4 Å². The fraction of sp³-hybridized carbons (Fsp3) is 0.333. The van der Waals surface area contributed by atoms with E-state index in [2.05, 4.69) is 38.2 Å². The number of hydrogen-bond donors (Lipinski definition) is 3.